The Morgan fingerprint density at radius 3 is 2.06 bits per heavy atom. The third kappa shape index (κ3) is 8.05. The zero-order chi connectivity index (χ0) is 30.3. The van der Waals surface area contributed by atoms with E-state index in [0.29, 0.717) is 31.1 Å². The second-order valence-corrected chi connectivity index (χ2v) is 18.6. The van der Waals surface area contributed by atoms with Crippen LogP contribution in [0.25, 0.3) is 0 Å². The maximum Gasteiger partial charge on any atom is 0.192 e. The first-order valence-electron chi connectivity index (χ1n) is 16.5. The summed E-state index contributed by atoms with van der Waals surface area (Å²) in [6.45, 7) is 11.7. The fourth-order valence-electron chi connectivity index (χ4n) is 6.59. The topological polar surface area (TPSA) is 49.7 Å². The quantitative estimate of drug-likeness (QED) is 0.289. The zero-order valence-corrected chi connectivity index (χ0v) is 23.9. The van der Waals surface area contributed by atoms with Gasteiger partial charge < -0.3 is 14.6 Å². The molecule has 0 aromatic rings. The van der Waals surface area contributed by atoms with Gasteiger partial charge in [0.05, 0.1) is 11.2 Å². The molecule has 0 aromatic carbocycles. The van der Waals surface area contributed by atoms with Crippen LogP contribution in [0.15, 0.2) is 0 Å². The summed E-state index contributed by atoms with van der Waals surface area (Å²) >= 11 is 0. The van der Waals surface area contributed by atoms with Crippen LogP contribution in [0.4, 0.5) is 0 Å². The van der Waals surface area contributed by atoms with Crippen molar-refractivity contribution in [2.45, 2.75) is 161 Å². The lowest BCUT2D eigenvalue weighted by molar-refractivity contribution is -0.0259. The molecule has 0 heterocycles. The molecule has 0 spiro atoms. The van der Waals surface area contributed by atoms with Crippen LogP contribution in [0.5, 0.6) is 0 Å². The molecule has 0 saturated heterocycles. The van der Waals surface area contributed by atoms with Crippen molar-refractivity contribution in [2.24, 2.45) is 23.2 Å². The van der Waals surface area contributed by atoms with E-state index in [1.54, 1.807) is 0 Å². The second-order valence-electron chi connectivity index (χ2n) is 13.8. The Bertz CT molecular complexity index is 785. The van der Waals surface area contributed by atoms with Crippen LogP contribution < -0.4 is 0 Å². The van der Waals surface area contributed by atoms with E-state index in [4.69, 9.17) is 12.7 Å². The van der Waals surface area contributed by atoms with Crippen molar-refractivity contribution in [3.8, 4) is 0 Å². The molecule has 2 aliphatic carbocycles. The molecule has 2 rings (SSSR count). The summed E-state index contributed by atoms with van der Waals surface area (Å²) < 4.78 is 53.5. The first-order chi connectivity index (χ1) is 17.4. The molecule has 4 heteroatoms. The van der Waals surface area contributed by atoms with Gasteiger partial charge in [-0.2, -0.15) is 0 Å². The van der Waals surface area contributed by atoms with Gasteiger partial charge in [-0.3, -0.25) is 0 Å². The average molecular weight is 489 g/mol. The minimum absolute atomic E-state index is 0.120. The van der Waals surface area contributed by atoms with Gasteiger partial charge in [0.1, 0.15) is 0 Å². The van der Waals surface area contributed by atoms with E-state index >= 15 is 0 Å². The molecule has 0 bridgehead atoms. The largest absolute Gasteiger partial charge is 0.414 e. The molecule has 2 N–H and O–H groups in total. The molecule has 0 unspecified atom stereocenters. The molecule has 0 radical (unpaired) electrons. The Balaban J connectivity index is 2.26. The van der Waals surface area contributed by atoms with Crippen molar-refractivity contribution < 1.29 is 22.9 Å². The molecular formula is C29H58O3Si. The maximum atomic E-state index is 10.8. The number of aliphatic hydroxyl groups is 2. The van der Waals surface area contributed by atoms with E-state index in [1.165, 1.54) is 0 Å². The van der Waals surface area contributed by atoms with Crippen LogP contribution in [-0.4, -0.2) is 35.8 Å². The van der Waals surface area contributed by atoms with E-state index in [-0.39, 0.29) is 28.9 Å². The van der Waals surface area contributed by atoms with E-state index in [1.807, 2.05) is 13.8 Å². The highest BCUT2D eigenvalue weighted by Crippen LogP contribution is 2.60. The molecule has 3 nitrogen and oxygen atoms in total. The highest BCUT2D eigenvalue weighted by molar-refractivity contribution is 6.74. The van der Waals surface area contributed by atoms with E-state index in [2.05, 4.69) is 40.8 Å². The summed E-state index contributed by atoms with van der Waals surface area (Å²) in [5.41, 5.74) is -3.33. The van der Waals surface area contributed by atoms with Crippen LogP contribution in [-0.2, 0) is 4.43 Å². The van der Waals surface area contributed by atoms with Gasteiger partial charge in [-0.05, 0) is 107 Å². The average Bonchev–Trinajstić information content (AvgIpc) is 3.06. The summed E-state index contributed by atoms with van der Waals surface area (Å²) in [6, 6.07) is 0. The molecule has 0 aromatic heterocycles. The van der Waals surface area contributed by atoms with Gasteiger partial charge in [0.25, 0.3) is 0 Å². The number of hydrogen-bond acceptors (Lipinski definition) is 3. The van der Waals surface area contributed by atoms with Crippen LogP contribution >= 0.6 is 0 Å². The third-order valence-electron chi connectivity index (χ3n) is 9.43. The summed E-state index contributed by atoms with van der Waals surface area (Å²) in [5.74, 6) is 1.21. The molecule has 0 amide bonds. The van der Waals surface area contributed by atoms with E-state index in [0.717, 1.165) is 44.9 Å². The third-order valence-corrected chi connectivity index (χ3v) is 13.9. The Morgan fingerprint density at radius 1 is 0.970 bits per heavy atom. The lowest BCUT2D eigenvalue weighted by Crippen LogP contribution is -2.50. The molecule has 2 saturated carbocycles. The summed E-state index contributed by atoms with van der Waals surface area (Å²) in [6.07, 6.45) is 9.08. The second kappa shape index (κ2) is 10.6. The van der Waals surface area contributed by atoms with Gasteiger partial charge in [-0.15, -0.1) is 0 Å². The van der Waals surface area contributed by atoms with Crippen LogP contribution in [0.2, 0.25) is 18.1 Å². The Labute approximate surface area is 216 Å². The summed E-state index contributed by atoms with van der Waals surface area (Å²) in [5, 5.41) is 21.3. The van der Waals surface area contributed by atoms with Crippen molar-refractivity contribution >= 4 is 8.32 Å². The number of fused-ring (bicyclic) bond motifs is 1. The molecule has 196 valence electrons. The Morgan fingerprint density at radius 2 is 1.55 bits per heavy atom. The van der Waals surface area contributed by atoms with Gasteiger partial charge in [0, 0.05) is 14.3 Å². The summed E-state index contributed by atoms with van der Waals surface area (Å²) in [7, 11) is -1.92. The van der Waals surface area contributed by atoms with Crippen molar-refractivity contribution in [2.75, 3.05) is 0 Å². The molecular weight excluding hydrogens is 424 g/mol. The standard InChI is InChI=1S/C29H58O3Si/c1-26(2,3)33(9,10)32-25-16-13-21-29(8)23(17-18-24(25)29)22(14-11-19-27(4,5)30)15-12-20-28(6,7)31/h22-25,30-31H,11-21H2,1-10H3/t23-,24+,25+,29-/m1/s1/i4D3,5D3/t22-,23-,24+,25+,29-. The predicted octanol–water partition coefficient (Wildman–Crippen LogP) is 8.09. The Kier molecular flexibility index (Phi) is 6.82. The predicted molar refractivity (Wildman–Crippen MR) is 144 cm³/mol. The number of rotatable bonds is 11. The van der Waals surface area contributed by atoms with Crippen molar-refractivity contribution in [1.82, 2.24) is 0 Å². The van der Waals surface area contributed by atoms with Crippen molar-refractivity contribution in [3.63, 3.8) is 0 Å². The Hall–Kier alpha value is 0.0969. The molecule has 2 fully saturated rings. The van der Waals surface area contributed by atoms with Gasteiger partial charge in [-0.1, -0.05) is 59.8 Å². The fourth-order valence-corrected chi connectivity index (χ4v) is 7.99. The molecule has 0 aliphatic heterocycles. The number of hydrogen-bond donors (Lipinski definition) is 2. The van der Waals surface area contributed by atoms with Gasteiger partial charge in [0.15, 0.2) is 8.32 Å². The molecule has 2 aliphatic rings. The lowest BCUT2D eigenvalue weighted by atomic mass is 9.60. The summed E-state index contributed by atoms with van der Waals surface area (Å²) in [4.78, 5) is 0. The van der Waals surface area contributed by atoms with Crippen LogP contribution in [0.1, 0.15) is 134 Å². The fraction of sp³-hybridized carbons (Fsp3) is 1.00. The van der Waals surface area contributed by atoms with Crippen molar-refractivity contribution in [3.05, 3.63) is 0 Å². The van der Waals surface area contributed by atoms with Crippen LogP contribution in [0.3, 0.4) is 0 Å². The highest BCUT2D eigenvalue weighted by atomic mass is 28.4. The zero-order valence-electron chi connectivity index (χ0n) is 28.9. The minimum atomic E-state index is -2.98. The SMILES string of the molecule is [2H]C([2H])([2H])C(O)(CCC[C@H](CCCC(C)(C)O)[C@H]1CC[C@H]2[C@@H](O[Si](C)(C)C(C)(C)C)CCC[C@]12C)C([2H])([2H])[2H]. The monoisotopic (exact) mass is 488 g/mol. The van der Waals surface area contributed by atoms with Gasteiger partial charge >= 0.3 is 0 Å². The van der Waals surface area contributed by atoms with E-state index < -0.39 is 33.2 Å². The van der Waals surface area contributed by atoms with Crippen molar-refractivity contribution in [1.29, 1.82) is 0 Å². The smallest absolute Gasteiger partial charge is 0.192 e. The molecule has 33 heavy (non-hydrogen) atoms. The van der Waals surface area contributed by atoms with Gasteiger partial charge in [0.2, 0.25) is 0 Å². The first-order valence-corrected chi connectivity index (χ1v) is 16.4. The van der Waals surface area contributed by atoms with Gasteiger partial charge in [-0.25, -0.2) is 0 Å². The minimum Gasteiger partial charge on any atom is -0.414 e. The highest BCUT2D eigenvalue weighted by Gasteiger charge is 2.54. The molecule has 5 atom stereocenters. The lowest BCUT2D eigenvalue weighted by Gasteiger charge is -2.50. The normalized spacial score (nSPS) is 33.8. The first kappa shape index (κ1) is 21.2. The van der Waals surface area contributed by atoms with E-state index in [9.17, 15) is 10.2 Å². The maximum absolute atomic E-state index is 10.8. The van der Waals surface area contributed by atoms with Crippen LogP contribution in [0, 0.1) is 23.2 Å².